The van der Waals surface area contributed by atoms with Crippen molar-refractivity contribution in [2.45, 2.75) is 12.1 Å². The summed E-state index contributed by atoms with van der Waals surface area (Å²) in [4.78, 5) is 21.7. The Morgan fingerprint density at radius 1 is 1.00 bits per heavy atom. The van der Waals surface area contributed by atoms with Gasteiger partial charge in [-0.15, -0.1) is 0 Å². The van der Waals surface area contributed by atoms with E-state index >= 15 is 0 Å². The molecule has 0 aromatic carbocycles. The van der Waals surface area contributed by atoms with Crippen LogP contribution in [0.5, 0.6) is 0 Å². The van der Waals surface area contributed by atoms with Crippen molar-refractivity contribution in [1.29, 1.82) is 0 Å². The molecule has 12 heteroatoms. The zero-order valence-corrected chi connectivity index (χ0v) is 10.3. The summed E-state index contributed by atoms with van der Waals surface area (Å²) in [5.41, 5.74) is 10.0. The third kappa shape index (κ3) is 8.02. The van der Waals surface area contributed by atoms with E-state index in [0.717, 1.165) is 0 Å². The number of rotatable bonds is 6. The Morgan fingerprint density at radius 2 is 1.28 bits per heavy atom. The molecule has 0 saturated heterocycles. The van der Waals surface area contributed by atoms with Gasteiger partial charge in [-0.3, -0.25) is 0 Å². The number of aliphatic hydroxyl groups excluding tert-OH is 2. The molecule has 0 aromatic heterocycles. The summed E-state index contributed by atoms with van der Waals surface area (Å²) in [5, 5.41) is 16.9. The Bertz CT molecular complexity index is 263. The van der Waals surface area contributed by atoms with Gasteiger partial charge in [0.1, 0.15) is 12.1 Å². The lowest BCUT2D eigenvalue weighted by Gasteiger charge is -2.08. The van der Waals surface area contributed by atoms with Crippen molar-refractivity contribution in [3.8, 4) is 0 Å². The van der Waals surface area contributed by atoms with Crippen LogP contribution in [0.2, 0.25) is 0 Å². The van der Waals surface area contributed by atoms with E-state index in [9.17, 15) is 13.8 Å². The van der Waals surface area contributed by atoms with E-state index in [4.69, 9.17) is 21.7 Å². The van der Waals surface area contributed by atoms with E-state index < -0.39 is 48.6 Å². The molecule has 0 radical (unpaired) electrons. The Balaban J connectivity index is -0.00000112. The van der Waals surface area contributed by atoms with Gasteiger partial charge in [-0.25, -0.2) is 9.59 Å². The molecule has 18 heavy (non-hydrogen) atoms. The molecule has 0 bridgehead atoms. The van der Waals surface area contributed by atoms with Crippen LogP contribution in [-0.2, 0) is 29.3 Å². The third-order valence-electron chi connectivity index (χ3n) is 1.30. The number of nitrogens with two attached hydrogens (primary N) is 2. The van der Waals surface area contributed by atoms with Crippen LogP contribution in [0, 0.1) is 0 Å². The fourth-order valence-electron chi connectivity index (χ4n) is 0.424. The van der Waals surface area contributed by atoms with Gasteiger partial charge in [0.05, 0.1) is 13.2 Å². The van der Waals surface area contributed by atoms with E-state index in [1.807, 2.05) is 0 Å². The first-order chi connectivity index (χ1) is 7.42. The monoisotopic (exact) mass is 290 g/mol. The minimum absolute atomic E-state index is 0. The highest BCUT2D eigenvalue weighted by molar-refractivity contribution is 7.76. The number of carbonyl (C=O) groups is 2. The van der Waals surface area contributed by atoms with Gasteiger partial charge in [-0.2, -0.15) is 4.21 Å². The van der Waals surface area contributed by atoms with Crippen molar-refractivity contribution in [3.05, 3.63) is 0 Å². The summed E-state index contributed by atoms with van der Waals surface area (Å²) in [7, 11) is 0. The zero-order chi connectivity index (χ0) is 12.7. The molecule has 12 N–H and O–H groups in total. The Kier molecular flexibility index (Phi) is 13.4. The second-order valence-corrected chi connectivity index (χ2v) is 3.33. The largest absolute Gasteiger partial charge is 0.423 e. The van der Waals surface area contributed by atoms with Gasteiger partial charge in [0.15, 0.2) is 0 Å². The van der Waals surface area contributed by atoms with Crippen LogP contribution < -0.4 is 23.8 Å². The summed E-state index contributed by atoms with van der Waals surface area (Å²) in [6.45, 7) is -1.42. The maximum atomic E-state index is 10.9. The molecule has 110 valence electrons. The Hall–Kier alpha value is -1.15. The molecule has 0 amide bonds. The van der Waals surface area contributed by atoms with Crippen molar-refractivity contribution >= 4 is 23.3 Å². The molecule has 0 saturated carbocycles. The van der Waals surface area contributed by atoms with Crippen molar-refractivity contribution in [2.24, 2.45) is 11.5 Å². The van der Waals surface area contributed by atoms with Gasteiger partial charge in [0, 0.05) is 0 Å². The molecule has 0 aliphatic heterocycles. The molecule has 0 aliphatic carbocycles. The minimum atomic E-state index is -2.71. The lowest BCUT2D eigenvalue weighted by atomic mass is 10.3. The van der Waals surface area contributed by atoms with Gasteiger partial charge < -0.3 is 42.3 Å². The van der Waals surface area contributed by atoms with Crippen LogP contribution in [0.3, 0.4) is 0 Å². The van der Waals surface area contributed by atoms with Crippen molar-refractivity contribution < 1.29 is 32.4 Å². The highest BCUT2D eigenvalue weighted by Gasteiger charge is 2.22. The molecular weight excluding hydrogens is 272 g/mol. The molecule has 0 aliphatic rings. The smallest absolute Gasteiger partial charge is 0.394 e. The predicted molar refractivity (Wildman–Crippen MR) is 60.5 cm³/mol. The topological polar surface area (TPSA) is 232 Å². The molecular formula is C6H18N4O7S. The second kappa shape index (κ2) is 11.0. The number of hydrogen-bond acceptors (Lipinski definition) is 11. The van der Waals surface area contributed by atoms with Crippen molar-refractivity contribution in [2.75, 3.05) is 13.2 Å². The molecule has 0 spiro atoms. The normalized spacial score (nSPS) is 12.7. The number of hydrogen-bond donors (Lipinski definition) is 6. The first-order valence-corrected chi connectivity index (χ1v) is 5.01. The first kappa shape index (κ1) is 22.1. The second-order valence-electron chi connectivity index (χ2n) is 2.59. The van der Waals surface area contributed by atoms with E-state index in [1.54, 1.807) is 0 Å². The summed E-state index contributed by atoms with van der Waals surface area (Å²) in [5.74, 6) is -2.41. The quantitative estimate of drug-likeness (QED) is 0.282. The summed E-state index contributed by atoms with van der Waals surface area (Å²) in [6.07, 6.45) is 0. The summed E-state index contributed by atoms with van der Waals surface area (Å²) in [6, 6.07) is -2.76. The average molecular weight is 290 g/mol. The van der Waals surface area contributed by atoms with E-state index in [0.29, 0.717) is 0 Å². The highest BCUT2D eigenvalue weighted by atomic mass is 32.2. The SMILES string of the molecule is N.N.N[C@@H](CO)C(=O)OS(=O)OC(=O)[C@@H](N)CO. The standard InChI is InChI=1S/C6H12N2O7S.2H3N/c7-3(1-9)5(11)14-16(13)15-6(12)4(8)2-10;;/h3-4,9-10H,1-2,7-8H2;2*1H3/t3-,4-;;/m0../s1. The van der Waals surface area contributed by atoms with Crippen LogP contribution in [0.4, 0.5) is 0 Å². The van der Waals surface area contributed by atoms with Crippen LogP contribution in [-0.4, -0.2) is 51.7 Å². The Morgan fingerprint density at radius 3 is 1.50 bits per heavy atom. The molecule has 0 aromatic rings. The van der Waals surface area contributed by atoms with Gasteiger partial charge in [0.2, 0.25) is 0 Å². The summed E-state index contributed by atoms with van der Waals surface area (Å²) < 4.78 is 18.9. The first-order valence-electron chi connectivity index (χ1n) is 4.01. The minimum Gasteiger partial charge on any atom is -0.394 e. The molecule has 2 atom stereocenters. The maximum absolute atomic E-state index is 10.9. The molecule has 0 heterocycles. The molecule has 0 fully saturated rings. The van der Waals surface area contributed by atoms with Crippen LogP contribution >= 0.6 is 0 Å². The van der Waals surface area contributed by atoms with E-state index in [-0.39, 0.29) is 12.3 Å². The lowest BCUT2D eigenvalue weighted by Crippen LogP contribution is -2.38. The van der Waals surface area contributed by atoms with Crippen LogP contribution in [0.15, 0.2) is 0 Å². The van der Waals surface area contributed by atoms with E-state index in [2.05, 4.69) is 8.37 Å². The molecule has 0 unspecified atom stereocenters. The summed E-state index contributed by atoms with van der Waals surface area (Å²) >= 11 is -2.71. The fraction of sp³-hybridized carbons (Fsp3) is 0.667. The maximum Gasteiger partial charge on any atom is 0.423 e. The van der Waals surface area contributed by atoms with Crippen molar-refractivity contribution in [1.82, 2.24) is 12.3 Å². The van der Waals surface area contributed by atoms with Gasteiger partial charge in [0.25, 0.3) is 0 Å². The average Bonchev–Trinajstić information content (AvgIpc) is 2.26. The third-order valence-corrected chi connectivity index (χ3v) is 1.90. The zero-order valence-electron chi connectivity index (χ0n) is 9.48. The van der Waals surface area contributed by atoms with Crippen LogP contribution in [0.25, 0.3) is 0 Å². The highest BCUT2D eigenvalue weighted by Crippen LogP contribution is 1.95. The molecule has 0 rings (SSSR count). The van der Waals surface area contributed by atoms with Gasteiger partial charge >= 0.3 is 23.3 Å². The van der Waals surface area contributed by atoms with Crippen LogP contribution in [0.1, 0.15) is 0 Å². The lowest BCUT2D eigenvalue weighted by molar-refractivity contribution is -0.139. The predicted octanol–water partition coefficient (Wildman–Crippen LogP) is -3.39. The number of aliphatic hydroxyl groups is 2. The fourth-order valence-corrected chi connectivity index (χ4v) is 0.973. The van der Waals surface area contributed by atoms with Gasteiger partial charge in [-0.1, -0.05) is 0 Å². The van der Waals surface area contributed by atoms with E-state index in [1.165, 1.54) is 0 Å². The van der Waals surface area contributed by atoms with Crippen molar-refractivity contribution in [3.63, 3.8) is 0 Å². The Labute approximate surface area is 105 Å². The molecule has 11 nitrogen and oxygen atoms in total. The number of carbonyl (C=O) groups excluding carboxylic acids is 2. The van der Waals surface area contributed by atoms with Gasteiger partial charge in [-0.05, 0) is 0 Å².